The first-order valence-electron chi connectivity index (χ1n) is 7.46. The minimum atomic E-state index is -0.0740. The van der Waals surface area contributed by atoms with Crippen molar-refractivity contribution in [1.82, 2.24) is 5.32 Å². The number of nitrogens with one attached hydrogen (secondary N) is 2. The molecule has 23 heavy (non-hydrogen) atoms. The second-order valence-corrected chi connectivity index (χ2v) is 9.20. The van der Waals surface area contributed by atoms with Gasteiger partial charge in [-0.05, 0) is 65.9 Å². The molecule has 1 saturated carbocycles. The highest BCUT2D eigenvalue weighted by Gasteiger charge is 2.30. The lowest BCUT2D eigenvalue weighted by molar-refractivity contribution is -0.117. The van der Waals surface area contributed by atoms with E-state index in [2.05, 4.69) is 32.6 Å². The van der Waals surface area contributed by atoms with Crippen LogP contribution in [-0.4, -0.2) is 18.4 Å². The molecule has 3 rings (SSSR count). The number of hydrogen-bond donors (Lipinski definition) is 2. The molecule has 4 nitrogen and oxygen atoms in total. The summed E-state index contributed by atoms with van der Waals surface area (Å²) in [5.74, 6) is 0.163. The Labute approximate surface area is 151 Å². The molecule has 0 bridgehead atoms. The standard InChI is InChI=1S/C16H17BrN2O2S2/c1-9-8-13(19-15(20)10-2-3-10)23-14(9)16(21)18-7-6-11-4-5-12(17)22-11/h4-5,8,10H,2-3,6-7H2,1H3,(H,18,21)(H,19,20). The van der Waals surface area contributed by atoms with E-state index in [1.807, 2.05) is 19.1 Å². The zero-order valence-corrected chi connectivity index (χ0v) is 15.9. The molecule has 1 aliphatic carbocycles. The van der Waals surface area contributed by atoms with E-state index in [0.29, 0.717) is 11.4 Å². The summed E-state index contributed by atoms with van der Waals surface area (Å²) in [5.41, 5.74) is 0.900. The first-order valence-corrected chi connectivity index (χ1v) is 9.89. The smallest absolute Gasteiger partial charge is 0.261 e. The molecule has 2 amide bonds. The van der Waals surface area contributed by atoms with Gasteiger partial charge in [0.2, 0.25) is 5.91 Å². The van der Waals surface area contributed by atoms with Crippen LogP contribution in [0.25, 0.3) is 0 Å². The van der Waals surface area contributed by atoms with E-state index < -0.39 is 0 Å². The third-order valence-electron chi connectivity index (χ3n) is 3.60. The second-order valence-electron chi connectivity index (χ2n) is 5.60. The maximum atomic E-state index is 12.3. The van der Waals surface area contributed by atoms with Gasteiger partial charge in [-0.15, -0.1) is 22.7 Å². The summed E-state index contributed by atoms with van der Waals surface area (Å²) < 4.78 is 1.10. The van der Waals surface area contributed by atoms with Gasteiger partial charge in [-0.1, -0.05) is 0 Å². The minimum absolute atomic E-state index is 0.0708. The Kier molecular flexibility index (Phi) is 5.18. The van der Waals surface area contributed by atoms with Crippen molar-refractivity contribution >= 4 is 55.4 Å². The molecular formula is C16H17BrN2O2S2. The fourth-order valence-electron chi connectivity index (χ4n) is 2.20. The Morgan fingerprint density at radius 1 is 1.30 bits per heavy atom. The number of carbonyl (C=O) groups excluding carboxylic acids is 2. The predicted molar refractivity (Wildman–Crippen MR) is 98.5 cm³/mol. The third-order valence-corrected chi connectivity index (χ3v) is 6.44. The van der Waals surface area contributed by atoms with E-state index >= 15 is 0 Å². The maximum Gasteiger partial charge on any atom is 0.261 e. The van der Waals surface area contributed by atoms with Gasteiger partial charge in [0.25, 0.3) is 5.91 Å². The highest BCUT2D eigenvalue weighted by molar-refractivity contribution is 9.11. The number of halogens is 1. The lowest BCUT2D eigenvalue weighted by Gasteiger charge is -2.03. The quantitative estimate of drug-likeness (QED) is 0.746. The molecule has 122 valence electrons. The molecule has 7 heteroatoms. The van der Waals surface area contributed by atoms with Crippen molar-refractivity contribution in [2.24, 2.45) is 5.92 Å². The summed E-state index contributed by atoms with van der Waals surface area (Å²) in [4.78, 5) is 26.0. The lowest BCUT2D eigenvalue weighted by atomic mass is 10.2. The summed E-state index contributed by atoms with van der Waals surface area (Å²) in [6, 6.07) is 5.94. The maximum absolute atomic E-state index is 12.3. The Bertz CT molecular complexity index is 734. The first-order chi connectivity index (χ1) is 11.0. The van der Waals surface area contributed by atoms with Gasteiger partial charge in [0.05, 0.1) is 13.7 Å². The van der Waals surface area contributed by atoms with Crippen LogP contribution in [0.4, 0.5) is 5.00 Å². The van der Waals surface area contributed by atoms with Gasteiger partial charge in [-0.25, -0.2) is 0 Å². The molecule has 0 saturated heterocycles. The third kappa shape index (κ3) is 4.43. The molecule has 2 N–H and O–H groups in total. The number of rotatable bonds is 6. The molecule has 0 aliphatic heterocycles. The highest BCUT2D eigenvalue weighted by Crippen LogP contribution is 2.32. The van der Waals surface area contributed by atoms with Crippen LogP contribution in [0.1, 0.15) is 33.0 Å². The van der Waals surface area contributed by atoms with E-state index in [1.54, 1.807) is 11.3 Å². The molecule has 2 aromatic heterocycles. The molecule has 1 fully saturated rings. The number of amides is 2. The average molecular weight is 413 g/mol. The van der Waals surface area contributed by atoms with E-state index in [1.165, 1.54) is 16.2 Å². The SMILES string of the molecule is Cc1cc(NC(=O)C2CC2)sc1C(=O)NCCc1ccc(Br)s1. The van der Waals surface area contributed by atoms with Crippen LogP contribution in [-0.2, 0) is 11.2 Å². The number of thiophene rings is 2. The van der Waals surface area contributed by atoms with E-state index in [4.69, 9.17) is 0 Å². The molecule has 0 spiro atoms. The Balaban J connectivity index is 1.54. The molecule has 2 heterocycles. The van der Waals surface area contributed by atoms with Crippen LogP contribution >= 0.6 is 38.6 Å². The Hall–Kier alpha value is -1.18. The van der Waals surface area contributed by atoms with Gasteiger partial charge in [0.15, 0.2) is 0 Å². The van der Waals surface area contributed by atoms with E-state index in [0.717, 1.165) is 33.6 Å². The largest absolute Gasteiger partial charge is 0.351 e. The van der Waals surface area contributed by atoms with Gasteiger partial charge in [-0.3, -0.25) is 9.59 Å². The van der Waals surface area contributed by atoms with Gasteiger partial charge >= 0.3 is 0 Å². The van der Waals surface area contributed by atoms with Crippen molar-refractivity contribution in [3.63, 3.8) is 0 Å². The molecule has 0 radical (unpaired) electrons. The van der Waals surface area contributed by atoms with Crippen molar-refractivity contribution < 1.29 is 9.59 Å². The van der Waals surface area contributed by atoms with Crippen LogP contribution in [0.3, 0.4) is 0 Å². The molecule has 0 aromatic carbocycles. The fraction of sp³-hybridized carbons (Fsp3) is 0.375. The summed E-state index contributed by atoms with van der Waals surface area (Å²) in [7, 11) is 0. The zero-order chi connectivity index (χ0) is 16.4. The average Bonchev–Trinajstić information content (AvgIpc) is 3.18. The van der Waals surface area contributed by atoms with Crippen molar-refractivity contribution in [2.45, 2.75) is 26.2 Å². The highest BCUT2D eigenvalue weighted by atomic mass is 79.9. The van der Waals surface area contributed by atoms with Crippen LogP contribution < -0.4 is 10.6 Å². The van der Waals surface area contributed by atoms with Crippen molar-refractivity contribution in [3.8, 4) is 0 Å². The van der Waals surface area contributed by atoms with Crippen molar-refractivity contribution in [2.75, 3.05) is 11.9 Å². The summed E-state index contributed by atoms with van der Waals surface area (Å²) in [6.45, 7) is 2.50. The number of aryl methyl sites for hydroxylation is 1. The van der Waals surface area contributed by atoms with E-state index in [-0.39, 0.29) is 17.7 Å². The fourth-order valence-corrected chi connectivity index (χ4v) is 4.68. The van der Waals surface area contributed by atoms with Crippen LogP contribution in [0.5, 0.6) is 0 Å². The van der Waals surface area contributed by atoms with Gasteiger partial charge < -0.3 is 10.6 Å². The molecular weight excluding hydrogens is 396 g/mol. The number of carbonyl (C=O) groups is 2. The van der Waals surface area contributed by atoms with Gasteiger partial charge in [0.1, 0.15) is 0 Å². The first kappa shape index (κ1) is 16.7. The van der Waals surface area contributed by atoms with Crippen LogP contribution in [0, 0.1) is 12.8 Å². The topological polar surface area (TPSA) is 58.2 Å². The minimum Gasteiger partial charge on any atom is -0.351 e. The lowest BCUT2D eigenvalue weighted by Crippen LogP contribution is -2.25. The van der Waals surface area contributed by atoms with E-state index in [9.17, 15) is 9.59 Å². The number of anilines is 1. The summed E-state index contributed by atoms with van der Waals surface area (Å²) >= 11 is 6.46. The Morgan fingerprint density at radius 3 is 2.74 bits per heavy atom. The normalized spacial score (nSPS) is 13.8. The van der Waals surface area contributed by atoms with Crippen molar-refractivity contribution in [1.29, 1.82) is 0 Å². The zero-order valence-electron chi connectivity index (χ0n) is 12.6. The predicted octanol–water partition coefficient (Wildman–Crippen LogP) is 4.20. The Morgan fingerprint density at radius 2 is 2.09 bits per heavy atom. The van der Waals surface area contributed by atoms with Crippen LogP contribution in [0.2, 0.25) is 0 Å². The monoisotopic (exact) mass is 412 g/mol. The summed E-state index contributed by atoms with van der Waals surface area (Å²) in [5, 5.41) is 6.61. The second kappa shape index (κ2) is 7.15. The van der Waals surface area contributed by atoms with Gasteiger partial charge in [-0.2, -0.15) is 0 Å². The molecule has 1 aliphatic rings. The molecule has 0 atom stereocenters. The van der Waals surface area contributed by atoms with Crippen molar-refractivity contribution in [3.05, 3.63) is 37.3 Å². The number of hydrogen-bond acceptors (Lipinski definition) is 4. The van der Waals surface area contributed by atoms with Crippen LogP contribution in [0.15, 0.2) is 22.0 Å². The van der Waals surface area contributed by atoms with Gasteiger partial charge in [0, 0.05) is 17.3 Å². The molecule has 0 unspecified atom stereocenters. The molecule has 2 aromatic rings. The summed E-state index contributed by atoms with van der Waals surface area (Å²) in [6.07, 6.45) is 2.77.